The van der Waals surface area contributed by atoms with E-state index < -0.39 is 31.7 Å². The Morgan fingerprint density at radius 2 is 1.71 bits per heavy atom. The van der Waals surface area contributed by atoms with Crippen molar-refractivity contribution in [3.05, 3.63) is 35.4 Å². The van der Waals surface area contributed by atoms with E-state index in [-0.39, 0.29) is 6.42 Å². The molecule has 1 rings (SSSR count). The van der Waals surface area contributed by atoms with Crippen LogP contribution >= 0.6 is 0 Å². The van der Waals surface area contributed by atoms with Gasteiger partial charge in [-0.15, -0.1) is 0 Å². The Hall–Kier alpha value is -1.14. The first-order valence-corrected chi connectivity index (χ1v) is 6.73. The van der Waals surface area contributed by atoms with Gasteiger partial charge < -0.3 is 9.84 Å². The molecule has 0 aliphatic rings. The summed E-state index contributed by atoms with van der Waals surface area (Å²) in [6.45, 7) is 2.31. The maximum Gasteiger partial charge on any atom is 0.330 e. The summed E-state index contributed by atoms with van der Waals surface area (Å²) in [6.07, 6.45) is -4.56. The summed E-state index contributed by atoms with van der Waals surface area (Å²) in [5.74, 6) is -3.79. The van der Waals surface area contributed by atoms with Crippen LogP contribution in [0.15, 0.2) is 24.3 Å². The lowest BCUT2D eigenvalue weighted by atomic mass is 10.00. The lowest BCUT2D eigenvalue weighted by molar-refractivity contribution is -0.170. The molecule has 0 amide bonds. The van der Waals surface area contributed by atoms with E-state index in [0.29, 0.717) is 5.92 Å². The van der Waals surface area contributed by atoms with E-state index in [9.17, 15) is 22.7 Å². The van der Waals surface area contributed by atoms with Crippen molar-refractivity contribution in [3.63, 3.8) is 0 Å². The number of hydrogen-bond donors (Lipinski definition) is 1. The van der Waals surface area contributed by atoms with Crippen LogP contribution in [0.1, 0.15) is 30.9 Å². The average Bonchev–Trinajstić information content (AvgIpc) is 2.38. The van der Waals surface area contributed by atoms with Crippen LogP contribution in [0, 0.1) is 0 Å². The summed E-state index contributed by atoms with van der Waals surface area (Å²) in [5.41, 5.74) is 1.98. The first-order valence-electron chi connectivity index (χ1n) is 6.73. The fourth-order valence-electron chi connectivity index (χ4n) is 1.76. The first kappa shape index (κ1) is 17.9. The van der Waals surface area contributed by atoms with E-state index in [1.807, 2.05) is 24.3 Å². The highest BCUT2D eigenvalue weighted by Crippen LogP contribution is 2.23. The highest BCUT2D eigenvalue weighted by molar-refractivity contribution is 5.25. The first-order chi connectivity index (χ1) is 9.72. The molecular formula is C15H20F4O2. The van der Waals surface area contributed by atoms with E-state index in [4.69, 9.17) is 0 Å². The summed E-state index contributed by atoms with van der Waals surface area (Å²) in [4.78, 5) is 0. The summed E-state index contributed by atoms with van der Waals surface area (Å²) in [5, 5.41) is 9.66. The Morgan fingerprint density at radius 3 is 2.19 bits per heavy atom. The number of alkyl halides is 4. The van der Waals surface area contributed by atoms with Crippen LogP contribution in [0.25, 0.3) is 0 Å². The molecule has 0 heterocycles. The van der Waals surface area contributed by atoms with E-state index in [2.05, 4.69) is 18.6 Å². The van der Waals surface area contributed by atoms with E-state index in [1.54, 1.807) is 0 Å². The van der Waals surface area contributed by atoms with Gasteiger partial charge in [-0.2, -0.15) is 8.78 Å². The smallest absolute Gasteiger partial charge is 0.330 e. The quantitative estimate of drug-likeness (QED) is 0.743. The van der Waals surface area contributed by atoms with Crippen LogP contribution in [-0.2, 0) is 11.2 Å². The molecule has 0 aliphatic heterocycles. The summed E-state index contributed by atoms with van der Waals surface area (Å²) >= 11 is 0. The van der Waals surface area contributed by atoms with Crippen LogP contribution in [0.4, 0.5) is 17.6 Å². The molecule has 1 unspecified atom stereocenters. The molecule has 2 nitrogen and oxygen atoms in total. The van der Waals surface area contributed by atoms with E-state index in [1.165, 1.54) is 0 Å². The van der Waals surface area contributed by atoms with Crippen LogP contribution < -0.4 is 0 Å². The number of ether oxygens (including phenoxy) is 1. The van der Waals surface area contributed by atoms with Gasteiger partial charge in [-0.25, -0.2) is 8.78 Å². The van der Waals surface area contributed by atoms with Gasteiger partial charge in [0.25, 0.3) is 0 Å². The number of rotatable bonds is 8. The molecule has 0 aliphatic carbocycles. The van der Waals surface area contributed by atoms with Gasteiger partial charge in [0.2, 0.25) is 0 Å². The third kappa shape index (κ3) is 6.01. The predicted molar refractivity (Wildman–Crippen MR) is 72.0 cm³/mol. The summed E-state index contributed by atoms with van der Waals surface area (Å²) < 4.78 is 53.4. The van der Waals surface area contributed by atoms with Crippen molar-refractivity contribution in [1.82, 2.24) is 0 Å². The van der Waals surface area contributed by atoms with Crippen molar-refractivity contribution in [2.75, 3.05) is 13.2 Å². The van der Waals surface area contributed by atoms with Crippen LogP contribution in [-0.4, -0.2) is 36.8 Å². The highest BCUT2D eigenvalue weighted by Gasteiger charge is 2.41. The minimum atomic E-state index is -4.18. The number of halogens is 4. The molecule has 0 fully saturated rings. The SMILES string of the molecule is CC(C)c1ccc(CC(O)COCC(F)(F)C(F)F)cc1. The molecule has 6 heteroatoms. The van der Waals surface area contributed by atoms with Gasteiger partial charge in [0, 0.05) is 6.42 Å². The van der Waals surface area contributed by atoms with Gasteiger partial charge in [-0.3, -0.25) is 0 Å². The second-order valence-electron chi connectivity index (χ2n) is 5.33. The number of benzene rings is 1. The second kappa shape index (κ2) is 7.75. The van der Waals surface area contributed by atoms with Gasteiger partial charge in [0.15, 0.2) is 0 Å². The van der Waals surface area contributed by atoms with Crippen LogP contribution in [0.5, 0.6) is 0 Å². The molecule has 0 saturated heterocycles. The third-order valence-corrected chi connectivity index (χ3v) is 3.04. The number of aliphatic hydroxyl groups is 1. The fourth-order valence-corrected chi connectivity index (χ4v) is 1.76. The van der Waals surface area contributed by atoms with Gasteiger partial charge in [-0.1, -0.05) is 38.1 Å². The predicted octanol–water partition coefficient (Wildman–Crippen LogP) is 3.63. The minimum Gasteiger partial charge on any atom is -0.390 e. The standard InChI is InChI=1S/C15H20F4O2/c1-10(2)12-5-3-11(4-6-12)7-13(20)8-21-9-15(18,19)14(16)17/h3-6,10,13-14,20H,7-9H2,1-2H3. The van der Waals surface area contributed by atoms with E-state index >= 15 is 0 Å². The van der Waals surface area contributed by atoms with Crippen LogP contribution in [0.3, 0.4) is 0 Å². The van der Waals surface area contributed by atoms with Gasteiger partial charge in [-0.05, 0) is 17.0 Å². The summed E-state index contributed by atoms with van der Waals surface area (Å²) in [7, 11) is 0. The molecule has 1 atom stereocenters. The molecular weight excluding hydrogens is 288 g/mol. The fraction of sp³-hybridized carbons (Fsp3) is 0.600. The zero-order chi connectivity index (χ0) is 16.0. The maximum atomic E-state index is 12.6. The Morgan fingerprint density at radius 1 is 1.14 bits per heavy atom. The third-order valence-electron chi connectivity index (χ3n) is 3.04. The van der Waals surface area contributed by atoms with Crippen LogP contribution in [0.2, 0.25) is 0 Å². The largest absolute Gasteiger partial charge is 0.390 e. The molecule has 0 saturated carbocycles. The van der Waals surface area contributed by atoms with Gasteiger partial charge in [0.1, 0.15) is 6.61 Å². The Bertz CT molecular complexity index is 418. The van der Waals surface area contributed by atoms with Gasteiger partial charge in [0.05, 0.1) is 12.7 Å². The van der Waals surface area contributed by atoms with Crippen molar-refractivity contribution in [2.24, 2.45) is 0 Å². The molecule has 21 heavy (non-hydrogen) atoms. The molecule has 1 aromatic carbocycles. The molecule has 0 bridgehead atoms. The maximum absolute atomic E-state index is 12.6. The van der Waals surface area contributed by atoms with Crippen molar-refractivity contribution >= 4 is 0 Å². The van der Waals surface area contributed by atoms with Crippen molar-refractivity contribution in [2.45, 2.75) is 44.6 Å². The van der Waals surface area contributed by atoms with E-state index in [0.717, 1.165) is 11.1 Å². The Labute approximate surface area is 121 Å². The molecule has 0 spiro atoms. The van der Waals surface area contributed by atoms with Gasteiger partial charge >= 0.3 is 12.3 Å². The lowest BCUT2D eigenvalue weighted by Gasteiger charge is -2.17. The number of hydrogen-bond acceptors (Lipinski definition) is 2. The zero-order valence-electron chi connectivity index (χ0n) is 12.0. The topological polar surface area (TPSA) is 29.5 Å². The molecule has 0 radical (unpaired) electrons. The van der Waals surface area contributed by atoms with Crippen molar-refractivity contribution < 1.29 is 27.4 Å². The average molecular weight is 308 g/mol. The zero-order valence-corrected chi connectivity index (χ0v) is 12.0. The van der Waals surface area contributed by atoms with Crippen molar-refractivity contribution in [3.8, 4) is 0 Å². The Balaban J connectivity index is 2.38. The monoisotopic (exact) mass is 308 g/mol. The molecule has 1 N–H and O–H groups in total. The lowest BCUT2D eigenvalue weighted by Crippen LogP contribution is -2.34. The Kier molecular flexibility index (Phi) is 6.61. The minimum absolute atomic E-state index is 0.221. The molecule has 1 aromatic rings. The van der Waals surface area contributed by atoms with Crippen molar-refractivity contribution in [1.29, 1.82) is 0 Å². The molecule has 120 valence electrons. The normalized spacial score (nSPS) is 14.0. The number of aliphatic hydroxyl groups excluding tert-OH is 1. The summed E-state index contributed by atoms with van der Waals surface area (Å²) in [6, 6.07) is 7.54. The molecule has 0 aromatic heterocycles. The highest BCUT2D eigenvalue weighted by atomic mass is 19.3. The second-order valence-corrected chi connectivity index (χ2v) is 5.33.